The third kappa shape index (κ3) is 4.40. The lowest BCUT2D eigenvalue weighted by Crippen LogP contribution is -2.38. The Hall–Kier alpha value is -1.87. The summed E-state index contributed by atoms with van der Waals surface area (Å²) in [5.41, 5.74) is 1.85. The standard InChI is InChI=1S/C22H28FNO/c1-16(2)24-12-10-17(11-13-24)14-20(18-6-4-3-5-7-18)21-15-19(23)8-9-22(21)25/h3-9,15-17,20,25H,10-14H2,1-2H3. The van der Waals surface area contributed by atoms with Crippen molar-refractivity contribution in [3.63, 3.8) is 0 Å². The summed E-state index contributed by atoms with van der Waals surface area (Å²) in [4.78, 5) is 2.52. The molecule has 134 valence electrons. The number of halogens is 1. The topological polar surface area (TPSA) is 23.5 Å². The van der Waals surface area contributed by atoms with Crippen molar-refractivity contribution in [3.05, 3.63) is 65.5 Å². The molecule has 0 amide bonds. The first-order valence-electron chi connectivity index (χ1n) is 9.32. The zero-order chi connectivity index (χ0) is 17.8. The normalized spacial score (nSPS) is 17.8. The molecule has 0 saturated carbocycles. The quantitative estimate of drug-likeness (QED) is 0.810. The molecule has 2 nitrogen and oxygen atoms in total. The van der Waals surface area contributed by atoms with Gasteiger partial charge in [0, 0.05) is 17.5 Å². The van der Waals surface area contributed by atoms with Crippen LogP contribution in [0, 0.1) is 11.7 Å². The summed E-state index contributed by atoms with van der Waals surface area (Å²) in [5.74, 6) is 0.536. The average Bonchev–Trinajstić information content (AvgIpc) is 2.63. The van der Waals surface area contributed by atoms with E-state index in [0.717, 1.165) is 37.9 Å². The zero-order valence-corrected chi connectivity index (χ0v) is 15.2. The van der Waals surface area contributed by atoms with Crippen LogP contribution in [0.15, 0.2) is 48.5 Å². The van der Waals surface area contributed by atoms with E-state index in [9.17, 15) is 9.50 Å². The Labute approximate surface area is 150 Å². The van der Waals surface area contributed by atoms with Crippen LogP contribution in [0.5, 0.6) is 5.75 Å². The first-order chi connectivity index (χ1) is 12.0. The van der Waals surface area contributed by atoms with Gasteiger partial charge in [0.05, 0.1) is 0 Å². The number of likely N-dealkylation sites (tertiary alicyclic amines) is 1. The minimum absolute atomic E-state index is 0.0347. The maximum atomic E-state index is 13.8. The van der Waals surface area contributed by atoms with Gasteiger partial charge < -0.3 is 10.0 Å². The number of hydrogen-bond donors (Lipinski definition) is 1. The van der Waals surface area contributed by atoms with E-state index < -0.39 is 0 Å². The lowest BCUT2D eigenvalue weighted by atomic mass is 9.80. The van der Waals surface area contributed by atoms with Crippen LogP contribution in [0.2, 0.25) is 0 Å². The van der Waals surface area contributed by atoms with Crippen LogP contribution < -0.4 is 0 Å². The first kappa shape index (κ1) is 17.9. The highest BCUT2D eigenvalue weighted by Gasteiger charge is 2.26. The SMILES string of the molecule is CC(C)N1CCC(CC(c2ccccc2)c2cc(F)ccc2O)CC1. The van der Waals surface area contributed by atoms with Crippen LogP contribution >= 0.6 is 0 Å². The molecule has 3 rings (SSSR count). The lowest BCUT2D eigenvalue weighted by molar-refractivity contribution is 0.143. The molecule has 1 N–H and O–H groups in total. The predicted octanol–water partition coefficient (Wildman–Crippen LogP) is 5.17. The van der Waals surface area contributed by atoms with Crippen LogP contribution in [0.3, 0.4) is 0 Å². The number of phenols is 1. The number of benzene rings is 2. The zero-order valence-electron chi connectivity index (χ0n) is 15.2. The number of phenolic OH excluding ortho intramolecular Hbond substituents is 1. The van der Waals surface area contributed by atoms with Crippen LogP contribution in [-0.4, -0.2) is 29.1 Å². The smallest absolute Gasteiger partial charge is 0.123 e. The van der Waals surface area contributed by atoms with Crippen LogP contribution in [-0.2, 0) is 0 Å². The summed E-state index contributed by atoms with van der Waals surface area (Å²) in [5, 5.41) is 10.3. The van der Waals surface area contributed by atoms with Crippen LogP contribution in [0.4, 0.5) is 4.39 Å². The minimum Gasteiger partial charge on any atom is -0.508 e. The third-order valence-corrected chi connectivity index (χ3v) is 5.52. The second kappa shape index (κ2) is 8.01. The van der Waals surface area contributed by atoms with Gasteiger partial charge in [0.1, 0.15) is 11.6 Å². The van der Waals surface area contributed by atoms with Crippen LogP contribution in [0.25, 0.3) is 0 Å². The van der Waals surface area contributed by atoms with Crippen molar-refractivity contribution in [2.24, 2.45) is 5.92 Å². The molecule has 3 heteroatoms. The van der Waals surface area contributed by atoms with Gasteiger partial charge in [-0.15, -0.1) is 0 Å². The molecule has 2 aromatic carbocycles. The minimum atomic E-state index is -0.289. The molecule has 0 spiro atoms. The Bertz CT molecular complexity index is 678. The van der Waals surface area contributed by atoms with Gasteiger partial charge in [-0.3, -0.25) is 0 Å². The van der Waals surface area contributed by atoms with E-state index in [-0.39, 0.29) is 17.5 Å². The van der Waals surface area contributed by atoms with Crippen molar-refractivity contribution in [2.75, 3.05) is 13.1 Å². The fraction of sp³-hybridized carbons (Fsp3) is 0.455. The van der Waals surface area contributed by atoms with Gasteiger partial charge in [0.25, 0.3) is 0 Å². The predicted molar refractivity (Wildman–Crippen MR) is 100 cm³/mol. The highest BCUT2D eigenvalue weighted by molar-refractivity contribution is 5.41. The molecule has 1 atom stereocenters. The molecule has 0 radical (unpaired) electrons. The number of aromatic hydroxyl groups is 1. The Morgan fingerprint density at radius 2 is 1.76 bits per heavy atom. The maximum Gasteiger partial charge on any atom is 0.123 e. The number of piperidine rings is 1. The molecule has 1 saturated heterocycles. The largest absolute Gasteiger partial charge is 0.508 e. The van der Waals surface area contributed by atoms with Gasteiger partial charge in [-0.2, -0.15) is 0 Å². The van der Waals surface area contributed by atoms with Crippen molar-refractivity contribution < 1.29 is 9.50 Å². The van der Waals surface area contributed by atoms with E-state index in [4.69, 9.17) is 0 Å². The molecule has 2 aromatic rings. The first-order valence-corrected chi connectivity index (χ1v) is 9.32. The van der Waals surface area contributed by atoms with Gasteiger partial charge in [0.2, 0.25) is 0 Å². The van der Waals surface area contributed by atoms with Crippen LogP contribution in [0.1, 0.15) is 50.2 Å². The van der Waals surface area contributed by atoms with E-state index in [1.165, 1.54) is 18.2 Å². The van der Waals surface area contributed by atoms with Crippen molar-refractivity contribution >= 4 is 0 Å². The molecular formula is C22H28FNO. The molecule has 1 unspecified atom stereocenters. The van der Waals surface area contributed by atoms with Crippen molar-refractivity contribution in [2.45, 2.75) is 45.1 Å². The molecular weight excluding hydrogens is 313 g/mol. The van der Waals surface area contributed by atoms with E-state index in [2.05, 4.69) is 30.9 Å². The molecule has 1 aliphatic heterocycles. The highest BCUT2D eigenvalue weighted by Crippen LogP contribution is 2.38. The van der Waals surface area contributed by atoms with Crippen molar-refractivity contribution in [1.29, 1.82) is 0 Å². The molecule has 25 heavy (non-hydrogen) atoms. The van der Waals surface area contributed by atoms with Gasteiger partial charge in [0.15, 0.2) is 0 Å². The molecule has 0 bridgehead atoms. The van der Waals surface area contributed by atoms with Gasteiger partial charge in [-0.25, -0.2) is 4.39 Å². The third-order valence-electron chi connectivity index (χ3n) is 5.52. The molecule has 1 heterocycles. The van der Waals surface area contributed by atoms with Crippen molar-refractivity contribution in [3.8, 4) is 5.75 Å². The Morgan fingerprint density at radius 1 is 1.08 bits per heavy atom. The van der Waals surface area contributed by atoms with Gasteiger partial charge in [-0.05, 0) is 75.9 Å². The average molecular weight is 341 g/mol. The number of nitrogens with zero attached hydrogens (tertiary/aromatic N) is 1. The fourth-order valence-electron chi connectivity index (χ4n) is 3.97. The summed E-state index contributed by atoms with van der Waals surface area (Å²) in [6.07, 6.45) is 3.28. The summed E-state index contributed by atoms with van der Waals surface area (Å²) in [6.45, 7) is 6.74. The Morgan fingerprint density at radius 3 is 2.40 bits per heavy atom. The number of hydrogen-bond acceptors (Lipinski definition) is 2. The van der Waals surface area contributed by atoms with Crippen molar-refractivity contribution in [1.82, 2.24) is 4.90 Å². The fourth-order valence-corrected chi connectivity index (χ4v) is 3.97. The lowest BCUT2D eigenvalue weighted by Gasteiger charge is -2.36. The monoisotopic (exact) mass is 341 g/mol. The number of rotatable bonds is 5. The highest BCUT2D eigenvalue weighted by atomic mass is 19.1. The van der Waals surface area contributed by atoms with Gasteiger partial charge >= 0.3 is 0 Å². The second-order valence-corrected chi connectivity index (χ2v) is 7.48. The molecule has 0 aromatic heterocycles. The Kier molecular flexibility index (Phi) is 5.74. The summed E-state index contributed by atoms with van der Waals surface area (Å²) in [7, 11) is 0. The maximum absolute atomic E-state index is 13.8. The molecule has 0 aliphatic carbocycles. The van der Waals surface area contributed by atoms with E-state index in [1.54, 1.807) is 0 Å². The van der Waals surface area contributed by atoms with E-state index >= 15 is 0 Å². The summed E-state index contributed by atoms with van der Waals surface area (Å²) >= 11 is 0. The molecule has 1 fully saturated rings. The Balaban J connectivity index is 1.82. The summed E-state index contributed by atoms with van der Waals surface area (Å²) < 4.78 is 13.8. The summed E-state index contributed by atoms with van der Waals surface area (Å²) in [6, 6.07) is 15.1. The van der Waals surface area contributed by atoms with Gasteiger partial charge in [-0.1, -0.05) is 30.3 Å². The van der Waals surface area contributed by atoms with E-state index in [0.29, 0.717) is 17.5 Å². The second-order valence-electron chi connectivity index (χ2n) is 7.48. The van der Waals surface area contributed by atoms with E-state index in [1.807, 2.05) is 18.2 Å². The molecule has 1 aliphatic rings.